The van der Waals surface area contributed by atoms with Gasteiger partial charge in [0.05, 0.1) is 11.0 Å². The Balaban J connectivity index is 1.40. The summed E-state index contributed by atoms with van der Waals surface area (Å²) in [6, 6.07) is 63.0. The Labute approximate surface area is 276 Å². The summed E-state index contributed by atoms with van der Waals surface area (Å²) in [5.41, 5.74) is 12.8. The normalized spacial score (nSPS) is 11.2. The van der Waals surface area contributed by atoms with Crippen molar-refractivity contribution in [1.29, 1.82) is 0 Å². The van der Waals surface area contributed by atoms with E-state index in [0.717, 1.165) is 34.1 Å². The highest BCUT2D eigenvalue weighted by molar-refractivity contribution is 6.12. The lowest BCUT2D eigenvalue weighted by molar-refractivity contribution is 1.16. The highest BCUT2D eigenvalue weighted by Crippen LogP contribution is 2.42. The molecule has 0 N–H and O–H groups in total. The number of hydrogen-bond donors (Lipinski definition) is 0. The third-order valence-corrected chi connectivity index (χ3v) is 9.05. The molecule has 0 amide bonds. The molecule has 3 nitrogen and oxygen atoms in total. The van der Waals surface area contributed by atoms with Gasteiger partial charge in [-0.15, -0.1) is 0 Å². The molecule has 0 aliphatic carbocycles. The zero-order valence-corrected chi connectivity index (χ0v) is 26.6. The summed E-state index contributed by atoms with van der Waals surface area (Å²) in [6.45, 7) is 4.37. The quantitative estimate of drug-likeness (QED) is 0.179. The average Bonchev–Trinajstić information content (AvgIpc) is 3.45. The van der Waals surface area contributed by atoms with Gasteiger partial charge in [0.1, 0.15) is 0 Å². The SMILES string of the molecule is Cc1ccc(-n2c3ccc(N(c4ccccc4)c4ccccc4)cc3c3cc(N(c4ccccc4)c4ccccc4)ccc32)cc1C. The molecule has 0 unspecified atom stereocenters. The number of para-hydroxylation sites is 4. The van der Waals surface area contributed by atoms with Crippen LogP contribution in [-0.4, -0.2) is 4.57 Å². The first-order valence-corrected chi connectivity index (χ1v) is 16.1. The first-order chi connectivity index (χ1) is 23.2. The topological polar surface area (TPSA) is 11.4 Å². The van der Waals surface area contributed by atoms with Crippen LogP contribution in [0.15, 0.2) is 176 Å². The fourth-order valence-corrected chi connectivity index (χ4v) is 6.62. The molecule has 8 aromatic rings. The van der Waals surface area contributed by atoms with Gasteiger partial charge < -0.3 is 14.4 Å². The van der Waals surface area contributed by atoms with E-state index in [1.54, 1.807) is 0 Å². The average molecular weight is 606 g/mol. The highest BCUT2D eigenvalue weighted by atomic mass is 15.1. The maximum Gasteiger partial charge on any atom is 0.0542 e. The van der Waals surface area contributed by atoms with Gasteiger partial charge >= 0.3 is 0 Å². The number of fused-ring (bicyclic) bond motifs is 3. The van der Waals surface area contributed by atoms with Crippen molar-refractivity contribution in [2.24, 2.45) is 0 Å². The van der Waals surface area contributed by atoms with Crippen LogP contribution in [0.1, 0.15) is 11.1 Å². The number of rotatable bonds is 7. The van der Waals surface area contributed by atoms with Crippen LogP contribution in [0.5, 0.6) is 0 Å². The zero-order chi connectivity index (χ0) is 31.7. The Kier molecular flexibility index (Phi) is 7.28. The van der Waals surface area contributed by atoms with Gasteiger partial charge in [-0.05, 0) is 122 Å². The third kappa shape index (κ3) is 5.22. The van der Waals surface area contributed by atoms with Gasteiger partial charge in [0.2, 0.25) is 0 Å². The first-order valence-electron chi connectivity index (χ1n) is 16.1. The van der Waals surface area contributed by atoms with E-state index in [1.165, 1.54) is 38.6 Å². The molecular weight excluding hydrogens is 571 g/mol. The predicted octanol–water partition coefficient (Wildman–Crippen LogP) is 12.3. The molecule has 47 heavy (non-hydrogen) atoms. The van der Waals surface area contributed by atoms with E-state index in [0.29, 0.717) is 0 Å². The molecule has 7 aromatic carbocycles. The second-order valence-electron chi connectivity index (χ2n) is 12.0. The van der Waals surface area contributed by atoms with E-state index >= 15 is 0 Å². The second kappa shape index (κ2) is 12.0. The molecule has 0 bridgehead atoms. The fourth-order valence-electron chi connectivity index (χ4n) is 6.62. The Morgan fingerprint density at radius 1 is 0.340 bits per heavy atom. The van der Waals surface area contributed by atoms with Gasteiger partial charge in [-0.3, -0.25) is 0 Å². The number of nitrogens with zero attached hydrogens (tertiary/aromatic N) is 3. The van der Waals surface area contributed by atoms with Crippen molar-refractivity contribution in [2.75, 3.05) is 9.80 Å². The molecule has 3 heteroatoms. The summed E-state index contributed by atoms with van der Waals surface area (Å²) < 4.78 is 2.41. The minimum atomic E-state index is 1.11. The Morgan fingerprint density at radius 3 is 1.09 bits per heavy atom. The summed E-state index contributed by atoms with van der Waals surface area (Å²) in [7, 11) is 0. The van der Waals surface area contributed by atoms with Crippen LogP contribution in [-0.2, 0) is 0 Å². The van der Waals surface area contributed by atoms with Gasteiger partial charge in [0.25, 0.3) is 0 Å². The third-order valence-electron chi connectivity index (χ3n) is 9.05. The summed E-state index contributed by atoms with van der Waals surface area (Å²) >= 11 is 0. The lowest BCUT2D eigenvalue weighted by atomic mass is 10.1. The monoisotopic (exact) mass is 605 g/mol. The van der Waals surface area contributed by atoms with Crippen LogP contribution in [0, 0.1) is 13.8 Å². The van der Waals surface area contributed by atoms with E-state index in [2.05, 4.69) is 204 Å². The van der Waals surface area contributed by atoms with Crippen LogP contribution in [0.25, 0.3) is 27.5 Å². The second-order valence-corrected chi connectivity index (χ2v) is 12.0. The minimum absolute atomic E-state index is 1.11. The van der Waals surface area contributed by atoms with Gasteiger partial charge in [-0.1, -0.05) is 78.9 Å². The van der Waals surface area contributed by atoms with E-state index in [1.807, 2.05) is 0 Å². The number of benzene rings is 7. The largest absolute Gasteiger partial charge is 0.310 e. The predicted molar refractivity (Wildman–Crippen MR) is 200 cm³/mol. The fraction of sp³-hybridized carbons (Fsp3) is 0.0455. The van der Waals surface area contributed by atoms with Crippen molar-refractivity contribution in [3.8, 4) is 5.69 Å². The van der Waals surface area contributed by atoms with E-state index < -0.39 is 0 Å². The molecular formula is C44H35N3. The number of anilines is 6. The first kappa shape index (κ1) is 28.4. The molecule has 0 spiro atoms. The van der Waals surface area contributed by atoms with E-state index in [9.17, 15) is 0 Å². The van der Waals surface area contributed by atoms with E-state index in [4.69, 9.17) is 0 Å². The molecule has 226 valence electrons. The molecule has 0 aliphatic rings. The summed E-state index contributed by atoms with van der Waals surface area (Å²) in [4.78, 5) is 4.67. The molecule has 0 radical (unpaired) electrons. The summed E-state index contributed by atoms with van der Waals surface area (Å²) in [6.07, 6.45) is 0. The number of aryl methyl sites for hydroxylation is 2. The molecule has 1 aromatic heterocycles. The van der Waals surface area contributed by atoms with E-state index in [-0.39, 0.29) is 0 Å². The molecule has 0 aliphatic heterocycles. The van der Waals surface area contributed by atoms with Gasteiger partial charge in [-0.25, -0.2) is 0 Å². The molecule has 0 saturated carbocycles. The lowest BCUT2D eigenvalue weighted by Crippen LogP contribution is -2.09. The van der Waals surface area contributed by atoms with Crippen molar-refractivity contribution < 1.29 is 0 Å². The Bertz CT molecular complexity index is 2090. The standard InChI is InChI=1S/C44H35N3/c1-32-23-24-38(29-33(32)2)47-43-27-25-39(45(34-15-7-3-8-16-34)35-17-9-4-10-18-35)30-41(43)42-31-40(26-28-44(42)47)46(36-19-11-5-12-20-36)37-21-13-6-14-22-37/h3-31H,1-2H3. The Hall–Kier alpha value is -6.06. The van der Waals surface area contributed by atoms with Crippen molar-refractivity contribution in [3.63, 3.8) is 0 Å². The minimum Gasteiger partial charge on any atom is -0.310 e. The summed E-state index contributed by atoms with van der Waals surface area (Å²) in [5.74, 6) is 0. The van der Waals surface area contributed by atoms with Crippen molar-refractivity contribution >= 4 is 55.9 Å². The molecule has 0 saturated heterocycles. The van der Waals surface area contributed by atoms with Crippen molar-refractivity contribution in [3.05, 3.63) is 187 Å². The van der Waals surface area contributed by atoms with Crippen LogP contribution in [0.2, 0.25) is 0 Å². The van der Waals surface area contributed by atoms with Gasteiger partial charge in [0.15, 0.2) is 0 Å². The summed E-state index contributed by atoms with van der Waals surface area (Å²) in [5, 5.41) is 2.41. The van der Waals surface area contributed by atoms with Crippen LogP contribution in [0.4, 0.5) is 34.1 Å². The van der Waals surface area contributed by atoms with Crippen LogP contribution >= 0.6 is 0 Å². The van der Waals surface area contributed by atoms with Crippen molar-refractivity contribution in [1.82, 2.24) is 4.57 Å². The van der Waals surface area contributed by atoms with Crippen molar-refractivity contribution in [2.45, 2.75) is 13.8 Å². The number of hydrogen-bond acceptors (Lipinski definition) is 2. The van der Waals surface area contributed by atoms with Gasteiger partial charge in [0, 0.05) is 50.6 Å². The highest BCUT2D eigenvalue weighted by Gasteiger charge is 2.20. The molecule has 0 fully saturated rings. The molecule has 0 atom stereocenters. The molecule has 1 heterocycles. The van der Waals surface area contributed by atoms with Gasteiger partial charge in [-0.2, -0.15) is 0 Å². The smallest absolute Gasteiger partial charge is 0.0542 e. The van der Waals surface area contributed by atoms with Crippen LogP contribution in [0.3, 0.4) is 0 Å². The lowest BCUT2D eigenvalue weighted by Gasteiger charge is -2.26. The maximum atomic E-state index is 2.41. The zero-order valence-electron chi connectivity index (χ0n) is 26.6. The number of aromatic nitrogens is 1. The Morgan fingerprint density at radius 2 is 0.723 bits per heavy atom. The molecule has 8 rings (SSSR count). The van der Waals surface area contributed by atoms with Crippen LogP contribution < -0.4 is 9.80 Å². The maximum absolute atomic E-state index is 2.41.